The van der Waals surface area contributed by atoms with Crippen LogP contribution in [0, 0.1) is 0 Å². The Bertz CT molecular complexity index is 3190. The first kappa shape index (κ1) is 45.8. The van der Waals surface area contributed by atoms with Gasteiger partial charge in [-0.3, -0.25) is 9.59 Å². The number of likely N-dealkylation sites (tertiary alicyclic amines) is 1. The van der Waals surface area contributed by atoms with E-state index in [2.05, 4.69) is 92.2 Å². The van der Waals surface area contributed by atoms with Gasteiger partial charge in [-0.05, 0) is 64.4 Å². The standard InChI is InChI=1S/C53H56N10O6Si/c1-68-52(66)60-42(24-36-26-54-40-12-7-5-10-38(36)40)50(64)62-23-9-14-46(62)48-56-28-44(58-48)34-19-15-32(16-20-34)33-17-21-35(22-18-33)45-29-57-49(59-45)47-30-70(3,4)31-63(47)51(65)43(61-53(67)69-2)25-37-27-55-41-13-8-6-11-39(37)41/h5-8,10-13,15-22,26-29,42-43,46-47,54-55H,9,14,23-25,30-31H2,1-4H3,(H,56,58)(H,57,59)(H,60,66)(H,61,67)/t42-,43-,46-,47-/m0/s1. The molecule has 0 unspecified atom stereocenters. The maximum atomic E-state index is 14.5. The van der Waals surface area contributed by atoms with Crippen molar-refractivity contribution in [2.75, 3.05) is 26.9 Å². The fraction of sp³-hybridized carbons (Fsp3) is 0.283. The van der Waals surface area contributed by atoms with Gasteiger partial charge in [0.15, 0.2) is 0 Å². The summed E-state index contributed by atoms with van der Waals surface area (Å²) in [6, 6.07) is 31.0. The third-order valence-electron chi connectivity index (χ3n) is 13.8. The first-order valence-corrected chi connectivity index (χ1v) is 27.1. The van der Waals surface area contributed by atoms with Gasteiger partial charge in [-0.15, -0.1) is 0 Å². The zero-order valence-electron chi connectivity index (χ0n) is 39.5. The minimum Gasteiger partial charge on any atom is -0.453 e. The number of aromatic nitrogens is 6. The van der Waals surface area contributed by atoms with Crippen molar-refractivity contribution in [2.45, 2.75) is 69.0 Å². The Balaban J connectivity index is 0.808. The first-order chi connectivity index (χ1) is 33.9. The highest BCUT2D eigenvalue weighted by Crippen LogP contribution is 2.39. The summed E-state index contributed by atoms with van der Waals surface area (Å²) in [7, 11) is 0.751. The molecule has 0 bridgehead atoms. The number of methoxy groups -OCH3 is 2. The fourth-order valence-corrected chi connectivity index (χ4v) is 13.2. The lowest BCUT2D eigenvalue weighted by Gasteiger charge is -2.28. The molecule has 0 saturated carbocycles. The van der Waals surface area contributed by atoms with Gasteiger partial charge >= 0.3 is 12.2 Å². The Morgan fingerprint density at radius 3 is 1.60 bits per heavy atom. The number of imidazole rings is 2. The molecule has 17 heteroatoms. The first-order valence-electron chi connectivity index (χ1n) is 23.7. The zero-order chi connectivity index (χ0) is 48.5. The van der Waals surface area contributed by atoms with E-state index in [1.807, 2.05) is 83.1 Å². The molecule has 0 radical (unpaired) electrons. The average molecular weight is 957 g/mol. The smallest absolute Gasteiger partial charge is 0.407 e. The van der Waals surface area contributed by atoms with Crippen molar-refractivity contribution in [3.8, 4) is 33.6 Å². The third kappa shape index (κ3) is 9.31. The molecule has 6 heterocycles. The molecular formula is C53H56N10O6Si. The minimum absolute atomic E-state index is 0.162. The highest BCUT2D eigenvalue weighted by molar-refractivity contribution is 6.78. The lowest BCUT2D eigenvalue weighted by molar-refractivity contribution is -0.135. The number of fused-ring (bicyclic) bond motifs is 2. The lowest BCUT2D eigenvalue weighted by atomic mass is 10.0. The Kier molecular flexibility index (Phi) is 12.6. The van der Waals surface area contributed by atoms with Crippen LogP contribution in [0.5, 0.6) is 0 Å². The van der Waals surface area contributed by atoms with Gasteiger partial charge < -0.3 is 49.8 Å². The molecule has 10 rings (SSSR count). The third-order valence-corrected chi connectivity index (χ3v) is 16.5. The summed E-state index contributed by atoms with van der Waals surface area (Å²) in [5, 5.41) is 7.63. The summed E-state index contributed by atoms with van der Waals surface area (Å²) < 4.78 is 9.88. The number of carbonyl (C=O) groups is 4. The molecule has 4 aromatic heterocycles. The predicted molar refractivity (Wildman–Crippen MR) is 270 cm³/mol. The Morgan fingerprint density at radius 1 is 0.643 bits per heavy atom. The van der Waals surface area contributed by atoms with Crippen molar-refractivity contribution < 1.29 is 28.7 Å². The molecule has 0 spiro atoms. The van der Waals surface area contributed by atoms with Crippen LogP contribution in [0.15, 0.2) is 122 Å². The molecule has 6 N–H and O–H groups in total. The molecule has 2 saturated heterocycles. The molecule has 0 aliphatic carbocycles. The number of hydrogen-bond donors (Lipinski definition) is 6. The van der Waals surface area contributed by atoms with Crippen LogP contribution in [0.2, 0.25) is 19.1 Å². The molecule has 2 aliphatic rings. The topological polar surface area (TPSA) is 206 Å². The van der Waals surface area contributed by atoms with Crippen LogP contribution in [0.1, 0.15) is 47.7 Å². The molecule has 4 amide bonds. The number of alkyl carbamates (subject to hydrolysis) is 2. The van der Waals surface area contributed by atoms with Crippen LogP contribution >= 0.6 is 0 Å². The van der Waals surface area contributed by atoms with Gasteiger partial charge in [0.2, 0.25) is 11.8 Å². The molecule has 2 aliphatic heterocycles. The minimum atomic E-state index is -1.85. The lowest BCUT2D eigenvalue weighted by Crippen LogP contribution is -2.50. The van der Waals surface area contributed by atoms with Gasteiger partial charge in [-0.2, -0.15) is 0 Å². The normalized spacial score (nSPS) is 17.4. The number of para-hydroxylation sites is 2. The van der Waals surface area contributed by atoms with Gasteiger partial charge in [0.05, 0.1) is 58.2 Å². The Hall–Kier alpha value is -7.92. The van der Waals surface area contributed by atoms with Gasteiger partial charge in [0, 0.05) is 59.8 Å². The number of carbonyl (C=O) groups excluding carboxylic acids is 4. The van der Waals surface area contributed by atoms with Crippen molar-refractivity contribution >= 4 is 53.9 Å². The maximum Gasteiger partial charge on any atom is 0.407 e. The van der Waals surface area contributed by atoms with Gasteiger partial charge in [0.25, 0.3) is 0 Å². The van der Waals surface area contributed by atoms with E-state index in [1.165, 1.54) is 14.2 Å². The van der Waals surface area contributed by atoms with Crippen LogP contribution in [-0.2, 0) is 31.9 Å². The molecule has 4 aromatic carbocycles. The van der Waals surface area contributed by atoms with Crippen molar-refractivity contribution in [1.29, 1.82) is 0 Å². The second kappa shape index (κ2) is 19.2. The number of hydrogen-bond acceptors (Lipinski definition) is 8. The van der Waals surface area contributed by atoms with Crippen LogP contribution in [0.3, 0.4) is 0 Å². The van der Waals surface area contributed by atoms with E-state index in [-0.39, 0.29) is 23.9 Å². The van der Waals surface area contributed by atoms with Crippen LogP contribution in [0.25, 0.3) is 55.4 Å². The largest absolute Gasteiger partial charge is 0.453 e. The Morgan fingerprint density at radius 2 is 1.10 bits per heavy atom. The number of H-pyrrole nitrogens is 4. The van der Waals surface area contributed by atoms with Crippen molar-refractivity contribution in [2.24, 2.45) is 0 Å². The number of nitrogens with zero attached hydrogens (tertiary/aromatic N) is 4. The molecular weight excluding hydrogens is 901 g/mol. The number of aromatic amines is 4. The molecule has 8 aromatic rings. The predicted octanol–water partition coefficient (Wildman–Crippen LogP) is 8.83. The van der Waals surface area contributed by atoms with E-state index >= 15 is 0 Å². The SMILES string of the molecule is COC(=O)N[C@@H](Cc1c[nH]c2ccccc12)C(=O)N1CCC[C@H]1c1ncc(-c2ccc(-c3ccc(-c4cnc([C@@H]5C[Si](C)(C)CN5C(=O)[C@H](Cc5c[nH]c6ccccc56)NC(=O)OC)[nH]4)cc3)cc2)[nH]1. The van der Waals surface area contributed by atoms with Gasteiger partial charge in [-0.1, -0.05) is 98.0 Å². The summed E-state index contributed by atoms with van der Waals surface area (Å²) in [6.45, 7) is 5.11. The quantitative estimate of drug-likeness (QED) is 0.0615. The summed E-state index contributed by atoms with van der Waals surface area (Å²) in [4.78, 5) is 80.6. The number of nitrogens with one attached hydrogen (secondary N) is 6. The summed E-state index contributed by atoms with van der Waals surface area (Å²) >= 11 is 0. The van der Waals surface area contributed by atoms with E-state index in [0.29, 0.717) is 31.4 Å². The molecule has 4 atom stereocenters. The van der Waals surface area contributed by atoms with Crippen LogP contribution in [0.4, 0.5) is 9.59 Å². The highest BCUT2D eigenvalue weighted by Gasteiger charge is 2.45. The molecule has 358 valence electrons. The van der Waals surface area contributed by atoms with Gasteiger partial charge in [-0.25, -0.2) is 19.6 Å². The van der Waals surface area contributed by atoms with Crippen LogP contribution < -0.4 is 10.6 Å². The number of amides is 4. The molecule has 70 heavy (non-hydrogen) atoms. The van der Waals surface area contributed by atoms with E-state index < -0.39 is 32.3 Å². The van der Waals surface area contributed by atoms with Crippen molar-refractivity contribution in [1.82, 2.24) is 50.3 Å². The number of benzene rings is 4. The summed E-state index contributed by atoms with van der Waals surface area (Å²) in [5.74, 6) is 1.08. The van der Waals surface area contributed by atoms with Crippen LogP contribution in [-0.4, -0.2) is 111 Å². The van der Waals surface area contributed by atoms with Crippen molar-refractivity contribution in [3.63, 3.8) is 0 Å². The van der Waals surface area contributed by atoms with Crippen molar-refractivity contribution in [3.05, 3.63) is 145 Å². The zero-order valence-corrected chi connectivity index (χ0v) is 40.5. The highest BCUT2D eigenvalue weighted by atomic mass is 28.3. The van der Waals surface area contributed by atoms with E-state index in [0.717, 1.165) is 91.3 Å². The van der Waals surface area contributed by atoms with E-state index in [1.54, 1.807) is 0 Å². The van der Waals surface area contributed by atoms with Gasteiger partial charge in [0.1, 0.15) is 23.7 Å². The summed E-state index contributed by atoms with van der Waals surface area (Å²) in [6.07, 6.45) is 8.92. The summed E-state index contributed by atoms with van der Waals surface area (Å²) in [5.41, 5.74) is 9.50. The average Bonchev–Trinajstić information content (AvgIpc) is 4.26. The number of rotatable bonds is 13. The monoisotopic (exact) mass is 956 g/mol. The second-order valence-corrected chi connectivity index (χ2v) is 24.1. The van der Waals surface area contributed by atoms with E-state index in [4.69, 9.17) is 19.4 Å². The maximum absolute atomic E-state index is 14.5. The molecule has 2 fully saturated rings. The molecule has 16 nitrogen and oxygen atoms in total. The number of ether oxygens (including phenoxy) is 2. The Labute approximate surface area is 405 Å². The fourth-order valence-electron chi connectivity index (χ4n) is 10.3. The second-order valence-electron chi connectivity index (χ2n) is 19.1. The van der Waals surface area contributed by atoms with E-state index in [9.17, 15) is 19.2 Å².